The van der Waals surface area contributed by atoms with E-state index in [2.05, 4.69) is 10.3 Å². The highest BCUT2D eigenvalue weighted by atomic mass is 16.5. The lowest BCUT2D eigenvalue weighted by atomic mass is 9.91. The number of nitrogens with one attached hydrogen (secondary N) is 1. The summed E-state index contributed by atoms with van der Waals surface area (Å²) in [4.78, 5) is 16.4. The van der Waals surface area contributed by atoms with Crippen LogP contribution in [0.2, 0.25) is 0 Å². The summed E-state index contributed by atoms with van der Waals surface area (Å²) < 4.78 is 5.17. The van der Waals surface area contributed by atoms with Gasteiger partial charge in [-0.2, -0.15) is 0 Å². The molecule has 0 bridgehead atoms. The molecular weight excluding hydrogens is 266 g/mol. The Hall–Kier alpha value is -2.40. The van der Waals surface area contributed by atoms with Gasteiger partial charge in [-0.25, -0.2) is 0 Å². The normalized spacial score (nSPS) is 13.3. The number of methoxy groups -OCH3 is 1. The van der Waals surface area contributed by atoms with E-state index in [4.69, 9.17) is 10.5 Å². The maximum absolute atomic E-state index is 12.5. The highest BCUT2D eigenvalue weighted by Gasteiger charge is 2.28. The number of aromatic nitrogens is 1. The third-order valence-electron chi connectivity index (χ3n) is 3.46. The Morgan fingerprint density at radius 1 is 1.33 bits per heavy atom. The van der Waals surface area contributed by atoms with Crippen LogP contribution in [0.1, 0.15) is 22.8 Å². The van der Waals surface area contributed by atoms with Crippen molar-refractivity contribution in [1.82, 2.24) is 10.3 Å². The van der Waals surface area contributed by atoms with Gasteiger partial charge in [-0.15, -0.1) is 0 Å². The molecule has 3 N–H and O–H groups in total. The van der Waals surface area contributed by atoms with Crippen molar-refractivity contribution in [3.63, 3.8) is 0 Å². The number of hydrogen-bond acceptors (Lipinski definition) is 4. The first-order valence-electron chi connectivity index (χ1n) is 6.67. The van der Waals surface area contributed by atoms with Gasteiger partial charge < -0.3 is 15.8 Å². The van der Waals surface area contributed by atoms with Crippen LogP contribution in [0.25, 0.3) is 0 Å². The molecular formula is C16H19N3O2. The van der Waals surface area contributed by atoms with Crippen molar-refractivity contribution in [2.75, 3.05) is 13.7 Å². The van der Waals surface area contributed by atoms with Crippen LogP contribution < -0.4 is 15.8 Å². The Balaban J connectivity index is 2.28. The number of rotatable bonds is 5. The standard InChI is InChI=1S/C16H19N3O2/c1-16(11-17,12-6-4-3-5-7-12)19-15(20)13-8-9-18-10-14(13)21-2/h3-10H,11,17H2,1-2H3,(H,19,20). The fourth-order valence-electron chi connectivity index (χ4n) is 2.10. The average molecular weight is 285 g/mol. The first-order chi connectivity index (χ1) is 10.1. The number of hydrogen-bond donors (Lipinski definition) is 2. The summed E-state index contributed by atoms with van der Waals surface area (Å²) >= 11 is 0. The minimum atomic E-state index is -0.646. The van der Waals surface area contributed by atoms with Gasteiger partial charge in [-0.3, -0.25) is 9.78 Å². The maximum atomic E-state index is 12.5. The fraction of sp³-hybridized carbons (Fsp3) is 0.250. The number of carbonyl (C=O) groups is 1. The van der Waals surface area contributed by atoms with Crippen molar-refractivity contribution in [3.8, 4) is 5.75 Å². The molecule has 110 valence electrons. The van der Waals surface area contributed by atoms with Crippen LogP contribution in [0.4, 0.5) is 0 Å². The van der Waals surface area contributed by atoms with E-state index in [0.29, 0.717) is 11.3 Å². The zero-order valence-corrected chi connectivity index (χ0v) is 12.2. The van der Waals surface area contributed by atoms with E-state index >= 15 is 0 Å². The van der Waals surface area contributed by atoms with E-state index in [-0.39, 0.29) is 12.5 Å². The van der Waals surface area contributed by atoms with E-state index < -0.39 is 5.54 Å². The second-order valence-corrected chi connectivity index (χ2v) is 4.93. The highest BCUT2D eigenvalue weighted by molar-refractivity contribution is 5.97. The monoisotopic (exact) mass is 285 g/mol. The Morgan fingerprint density at radius 2 is 2.05 bits per heavy atom. The molecule has 1 unspecified atom stereocenters. The van der Waals surface area contributed by atoms with Crippen molar-refractivity contribution in [1.29, 1.82) is 0 Å². The first-order valence-corrected chi connectivity index (χ1v) is 6.67. The van der Waals surface area contributed by atoms with E-state index in [1.54, 1.807) is 12.3 Å². The molecule has 0 fully saturated rings. The number of amides is 1. The van der Waals surface area contributed by atoms with E-state index in [1.807, 2.05) is 37.3 Å². The topological polar surface area (TPSA) is 77.2 Å². The molecule has 1 amide bonds. The van der Waals surface area contributed by atoms with Crippen LogP contribution in [0.15, 0.2) is 48.8 Å². The average Bonchev–Trinajstić information content (AvgIpc) is 2.55. The molecule has 21 heavy (non-hydrogen) atoms. The Bertz CT molecular complexity index is 616. The number of nitrogens with zero attached hydrogens (tertiary/aromatic N) is 1. The van der Waals surface area contributed by atoms with Crippen LogP contribution in [0.5, 0.6) is 5.75 Å². The van der Waals surface area contributed by atoms with Gasteiger partial charge in [-0.05, 0) is 18.6 Å². The largest absolute Gasteiger partial charge is 0.494 e. The third kappa shape index (κ3) is 3.20. The summed E-state index contributed by atoms with van der Waals surface area (Å²) in [7, 11) is 1.51. The van der Waals surface area contributed by atoms with Crippen LogP contribution in [-0.4, -0.2) is 24.5 Å². The van der Waals surface area contributed by atoms with E-state index in [0.717, 1.165) is 5.56 Å². The molecule has 0 radical (unpaired) electrons. The molecule has 0 saturated carbocycles. The number of carbonyl (C=O) groups excluding carboxylic acids is 1. The molecule has 1 atom stereocenters. The quantitative estimate of drug-likeness (QED) is 0.876. The number of nitrogens with two attached hydrogens (primary N) is 1. The van der Waals surface area contributed by atoms with Crippen molar-refractivity contribution < 1.29 is 9.53 Å². The van der Waals surface area contributed by atoms with Gasteiger partial charge in [-0.1, -0.05) is 30.3 Å². The molecule has 2 rings (SSSR count). The SMILES string of the molecule is COc1cnccc1C(=O)NC(C)(CN)c1ccccc1. The van der Waals surface area contributed by atoms with Crippen molar-refractivity contribution in [2.24, 2.45) is 5.73 Å². The van der Waals surface area contributed by atoms with Crippen molar-refractivity contribution in [2.45, 2.75) is 12.5 Å². The minimum absolute atomic E-state index is 0.244. The molecule has 0 aliphatic heterocycles. The molecule has 5 nitrogen and oxygen atoms in total. The number of ether oxygens (including phenoxy) is 1. The summed E-state index contributed by atoms with van der Waals surface area (Å²) in [5, 5.41) is 2.98. The van der Waals surface area contributed by atoms with Crippen LogP contribution in [-0.2, 0) is 5.54 Å². The zero-order valence-electron chi connectivity index (χ0n) is 12.2. The maximum Gasteiger partial charge on any atom is 0.255 e. The Morgan fingerprint density at radius 3 is 2.67 bits per heavy atom. The lowest BCUT2D eigenvalue weighted by molar-refractivity contribution is 0.0904. The lowest BCUT2D eigenvalue weighted by Crippen LogP contribution is -2.48. The van der Waals surface area contributed by atoms with Gasteiger partial charge in [0.25, 0.3) is 5.91 Å². The van der Waals surface area contributed by atoms with Gasteiger partial charge in [0.1, 0.15) is 5.75 Å². The molecule has 5 heteroatoms. The van der Waals surface area contributed by atoms with Crippen molar-refractivity contribution in [3.05, 3.63) is 59.9 Å². The zero-order chi connectivity index (χ0) is 15.3. The predicted octanol–water partition coefficient (Wildman–Crippen LogP) is 1.69. The number of benzene rings is 1. The third-order valence-corrected chi connectivity index (χ3v) is 3.46. The summed E-state index contributed by atoms with van der Waals surface area (Å²) in [6, 6.07) is 11.3. The Labute approximate surface area is 124 Å². The molecule has 2 aromatic rings. The van der Waals surface area contributed by atoms with Crippen LogP contribution in [0.3, 0.4) is 0 Å². The van der Waals surface area contributed by atoms with E-state index in [9.17, 15) is 4.79 Å². The lowest BCUT2D eigenvalue weighted by Gasteiger charge is -2.30. The highest BCUT2D eigenvalue weighted by Crippen LogP contribution is 2.22. The second-order valence-electron chi connectivity index (χ2n) is 4.93. The van der Waals surface area contributed by atoms with Gasteiger partial charge in [0.2, 0.25) is 0 Å². The van der Waals surface area contributed by atoms with Crippen LogP contribution >= 0.6 is 0 Å². The molecule has 0 aliphatic rings. The molecule has 0 spiro atoms. The van der Waals surface area contributed by atoms with Crippen LogP contribution in [0, 0.1) is 0 Å². The van der Waals surface area contributed by atoms with Gasteiger partial charge in [0.15, 0.2) is 0 Å². The van der Waals surface area contributed by atoms with Gasteiger partial charge >= 0.3 is 0 Å². The van der Waals surface area contributed by atoms with E-state index in [1.165, 1.54) is 13.3 Å². The summed E-state index contributed by atoms with van der Waals surface area (Å²) in [5.74, 6) is 0.188. The fourth-order valence-corrected chi connectivity index (χ4v) is 2.10. The number of pyridine rings is 1. The molecule has 0 aliphatic carbocycles. The molecule has 1 heterocycles. The minimum Gasteiger partial charge on any atom is -0.494 e. The second kappa shape index (κ2) is 6.37. The summed E-state index contributed by atoms with van der Waals surface area (Å²) in [6.07, 6.45) is 3.07. The smallest absolute Gasteiger partial charge is 0.255 e. The molecule has 1 aromatic heterocycles. The predicted molar refractivity (Wildman–Crippen MR) is 81.1 cm³/mol. The van der Waals surface area contributed by atoms with Gasteiger partial charge in [0.05, 0.1) is 24.4 Å². The van der Waals surface area contributed by atoms with Crippen molar-refractivity contribution >= 4 is 5.91 Å². The first kappa shape index (κ1) is 15.0. The molecule has 0 saturated heterocycles. The summed E-state index contributed by atoms with van der Waals surface area (Å²) in [6.45, 7) is 2.18. The van der Waals surface area contributed by atoms with Gasteiger partial charge in [0, 0.05) is 12.7 Å². The Kier molecular flexibility index (Phi) is 4.55. The summed E-state index contributed by atoms with van der Waals surface area (Å²) in [5.41, 5.74) is 6.62. The molecule has 1 aromatic carbocycles.